The van der Waals surface area contributed by atoms with E-state index in [-0.39, 0.29) is 19.0 Å². The molecule has 23 heavy (non-hydrogen) atoms. The lowest BCUT2D eigenvalue weighted by atomic mass is 10.2. The molecule has 1 aromatic heterocycles. The molecule has 2 aromatic rings. The van der Waals surface area contributed by atoms with Gasteiger partial charge in [0.1, 0.15) is 11.3 Å². The standard InChI is InChI=1S/C16H16ClNO5/c1-3-21-15(19)14(16(20)22-4-2)23-12-9-11(17)8-10-6-5-7-18-13(10)12/h5-9,14H,3-4H2,1-2H3. The highest BCUT2D eigenvalue weighted by Crippen LogP contribution is 2.29. The number of aromatic nitrogens is 1. The number of ether oxygens (including phenoxy) is 3. The number of nitrogens with zero attached hydrogens (tertiary/aromatic N) is 1. The van der Waals surface area contributed by atoms with Crippen LogP contribution in [0, 0.1) is 0 Å². The van der Waals surface area contributed by atoms with Crippen LogP contribution in [0.3, 0.4) is 0 Å². The zero-order valence-electron chi connectivity index (χ0n) is 12.7. The highest BCUT2D eigenvalue weighted by atomic mass is 35.5. The van der Waals surface area contributed by atoms with Gasteiger partial charge in [-0.3, -0.25) is 4.98 Å². The first-order valence-corrected chi connectivity index (χ1v) is 7.48. The molecule has 0 fully saturated rings. The minimum Gasteiger partial charge on any atom is -0.464 e. The third kappa shape index (κ3) is 4.10. The second kappa shape index (κ2) is 7.78. The van der Waals surface area contributed by atoms with Crippen LogP contribution in [0.2, 0.25) is 5.02 Å². The third-order valence-corrected chi connectivity index (χ3v) is 3.10. The van der Waals surface area contributed by atoms with Crippen molar-refractivity contribution in [3.63, 3.8) is 0 Å². The fourth-order valence-electron chi connectivity index (χ4n) is 1.97. The molecule has 0 radical (unpaired) electrons. The number of fused-ring (bicyclic) bond motifs is 1. The lowest BCUT2D eigenvalue weighted by molar-refractivity contribution is -0.166. The lowest BCUT2D eigenvalue weighted by Gasteiger charge is -2.17. The highest BCUT2D eigenvalue weighted by molar-refractivity contribution is 6.31. The molecule has 1 heterocycles. The summed E-state index contributed by atoms with van der Waals surface area (Å²) in [6.07, 6.45) is 0.0471. The Balaban J connectivity index is 2.39. The van der Waals surface area contributed by atoms with Crippen molar-refractivity contribution in [1.29, 1.82) is 0 Å². The Bertz CT molecular complexity index is 701. The van der Waals surface area contributed by atoms with E-state index in [2.05, 4.69) is 4.98 Å². The van der Waals surface area contributed by atoms with Crippen molar-refractivity contribution < 1.29 is 23.8 Å². The molecule has 0 saturated carbocycles. The molecule has 0 atom stereocenters. The van der Waals surface area contributed by atoms with E-state index in [1.165, 1.54) is 6.07 Å². The van der Waals surface area contributed by atoms with Crippen LogP contribution in [0.5, 0.6) is 5.75 Å². The van der Waals surface area contributed by atoms with Crippen molar-refractivity contribution in [3.05, 3.63) is 35.5 Å². The average Bonchev–Trinajstić information content (AvgIpc) is 2.52. The smallest absolute Gasteiger partial charge is 0.359 e. The number of carbonyl (C=O) groups excluding carboxylic acids is 2. The average molecular weight is 338 g/mol. The van der Waals surface area contributed by atoms with E-state index in [0.29, 0.717) is 10.5 Å². The van der Waals surface area contributed by atoms with Crippen LogP contribution in [0.15, 0.2) is 30.5 Å². The molecule has 0 spiro atoms. The Morgan fingerprint density at radius 2 is 1.83 bits per heavy atom. The fraction of sp³-hybridized carbons (Fsp3) is 0.312. The second-order valence-corrected chi connectivity index (χ2v) is 4.92. The molecule has 0 unspecified atom stereocenters. The molecule has 0 aliphatic carbocycles. The second-order valence-electron chi connectivity index (χ2n) is 4.48. The molecule has 0 N–H and O–H groups in total. The van der Waals surface area contributed by atoms with Crippen LogP contribution in [-0.2, 0) is 19.1 Å². The van der Waals surface area contributed by atoms with Crippen molar-refractivity contribution in [2.75, 3.05) is 13.2 Å². The summed E-state index contributed by atoms with van der Waals surface area (Å²) in [5, 5.41) is 1.12. The Hall–Kier alpha value is -2.34. The quantitative estimate of drug-likeness (QED) is 0.596. The van der Waals surface area contributed by atoms with Crippen LogP contribution >= 0.6 is 11.6 Å². The number of hydrogen-bond acceptors (Lipinski definition) is 6. The van der Waals surface area contributed by atoms with Crippen molar-refractivity contribution in [2.24, 2.45) is 0 Å². The summed E-state index contributed by atoms with van der Waals surface area (Å²) in [7, 11) is 0. The van der Waals surface area contributed by atoms with Crippen molar-refractivity contribution in [3.8, 4) is 5.75 Å². The normalized spacial score (nSPS) is 10.6. The minimum absolute atomic E-state index is 0.118. The van der Waals surface area contributed by atoms with Gasteiger partial charge in [0.25, 0.3) is 6.10 Å². The Morgan fingerprint density at radius 3 is 2.43 bits per heavy atom. The van der Waals surface area contributed by atoms with Gasteiger partial charge < -0.3 is 14.2 Å². The van der Waals surface area contributed by atoms with Gasteiger partial charge in [0.15, 0.2) is 0 Å². The Labute approximate surface area is 138 Å². The van der Waals surface area contributed by atoms with Crippen LogP contribution in [0.25, 0.3) is 10.9 Å². The molecular weight excluding hydrogens is 322 g/mol. The molecule has 6 nitrogen and oxygen atoms in total. The molecular formula is C16H16ClNO5. The molecule has 1 aromatic carbocycles. The molecule has 7 heteroatoms. The van der Waals surface area contributed by atoms with E-state index in [4.69, 9.17) is 25.8 Å². The fourth-order valence-corrected chi connectivity index (χ4v) is 2.19. The summed E-state index contributed by atoms with van der Waals surface area (Å²) < 4.78 is 15.3. The van der Waals surface area contributed by atoms with Gasteiger partial charge in [-0.2, -0.15) is 0 Å². The zero-order chi connectivity index (χ0) is 16.8. The maximum absolute atomic E-state index is 12.0. The lowest BCUT2D eigenvalue weighted by Crippen LogP contribution is -2.38. The van der Waals surface area contributed by atoms with Crippen LogP contribution < -0.4 is 4.74 Å². The molecule has 122 valence electrons. The molecule has 0 saturated heterocycles. The van der Waals surface area contributed by atoms with Gasteiger partial charge in [-0.05, 0) is 26.0 Å². The molecule has 0 amide bonds. The minimum atomic E-state index is -1.53. The van der Waals surface area contributed by atoms with Gasteiger partial charge in [-0.25, -0.2) is 9.59 Å². The number of pyridine rings is 1. The number of hydrogen-bond donors (Lipinski definition) is 0. The molecule has 0 aliphatic heterocycles. The van der Waals surface area contributed by atoms with E-state index in [0.717, 1.165) is 5.39 Å². The van der Waals surface area contributed by atoms with Gasteiger partial charge in [-0.15, -0.1) is 0 Å². The first-order valence-electron chi connectivity index (χ1n) is 7.11. The van der Waals surface area contributed by atoms with Crippen molar-refractivity contribution in [1.82, 2.24) is 4.98 Å². The Morgan fingerprint density at radius 1 is 1.17 bits per heavy atom. The van der Waals surface area contributed by atoms with Gasteiger partial charge >= 0.3 is 11.9 Å². The first kappa shape index (κ1) is 17.0. The monoisotopic (exact) mass is 337 g/mol. The number of halogens is 1. The topological polar surface area (TPSA) is 74.7 Å². The summed E-state index contributed by atoms with van der Waals surface area (Å²) in [4.78, 5) is 28.2. The summed E-state index contributed by atoms with van der Waals surface area (Å²) in [6, 6.07) is 6.74. The van der Waals surface area contributed by atoms with Crippen LogP contribution in [0.4, 0.5) is 0 Å². The predicted octanol–water partition coefficient (Wildman–Crippen LogP) is 2.76. The van der Waals surface area contributed by atoms with Gasteiger partial charge in [0.05, 0.1) is 13.2 Å². The molecule has 0 aliphatic rings. The Kier molecular flexibility index (Phi) is 5.76. The number of rotatable bonds is 6. The van der Waals surface area contributed by atoms with Gasteiger partial charge in [0, 0.05) is 22.7 Å². The van der Waals surface area contributed by atoms with E-state index in [1.807, 2.05) is 0 Å². The van der Waals surface area contributed by atoms with E-state index >= 15 is 0 Å². The zero-order valence-corrected chi connectivity index (χ0v) is 13.5. The molecule has 2 rings (SSSR count). The number of esters is 2. The summed E-state index contributed by atoms with van der Waals surface area (Å²) >= 11 is 6.05. The SMILES string of the molecule is CCOC(=O)C(Oc1cc(Cl)cc2cccnc12)C(=O)OCC. The molecule has 0 bridgehead atoms. The van der Waals surface area contributed by atoms with E-state index in [9.17, 15) is 9.59 Å². The van der Waals surface area contributed by atoms with Crippen molar-refractivity contribution in [2.45, 2.75) is 20.0 Å². The number of carbonyl (C=O) groups is 2. The number of benzene rings is 1. The van der Waals surface area contributed by atoms with E-state index < -0.39 is 18.0 Å². The summed E-state index contributed by atoms with van der Waals surface area (Å²) in [6.45, 7) is 3.51. The van der Waals surface area contributed by atoms with Crippen LogP contribution in [0.1, 0.15) is 13.8 Å². The predicted molar refractivity (Wildman–Crippen MR) is 84.4 cm³/mol. The summed E-state index contributed by atoms with van der Waals surface area (Å²) in [5.41, 5.74) is 0.482. The first-order chi connectivity index (χ1) is 11.1. The van der Waals surface area contributed by atoms with Crippen molar-refractivity contribution >= 4 is 34.4 Å². The maximum atomic E-state index is 12.0. The van der Waals surface area contributed by atoms with Crippen LogP contribution in [-0.4, -0.2) is 36.2 Å². The van der Waals surface area contributed by atoms with Gasteiger partial charge in [0.2, 0.25) is 0 Å². The maximum Gasteiger partial charge on any atom is 0.359 e. The third-order valence-electron chi connectivity index (χ3n) is 2.88. The highest BCUT2D eigenvalue weighted by Gasteiger charge is 2.32. The van der Waals surface area contributed by atoms with Gasteiger partial charge in [-0.1, -0.05) is 17.7 Å². The largest absolute Gasteiger partial charge is 0.464 e. The van der Waals surface area contributed by atoms with E-state index in [1.54, 1.807) is 38.2 Å². The summed E-state index contributed by atoms with van der Waals surface area (Å²) in [5.74, 6) is -1.44.